The summed E-state index contributed by atoms with van der Waals surface area (Å²) in [6.45, 7) is 3.98. The van der Waals surface area contributed by atoms with Gasteiger partial charge in [-0.3, -0.25) is 10.1 Å². The van der Waals surface area contributed by atoms with Gasteiger partial charge in [0.2, 0.25) is 5.91 Å². The third-order valence-corrected chi connectivity index (χ3v) is 5.42. The molecule has 1 heterocycles. The summed E-state index contributed by atoms with van der Waals surface area (Å²) in [6.07, 6.45) is 3.18. The van der Waals surface area contributed by atoms with Crippen molar-refractivity contribution in [2.45, 2.75) is 13.8 Å². The first-order valence-electron chi connectivity index (χ1n) is 9.28. The second-order valence-electron chi connectivity index (χ2n) is 6.55. The molecule has 2 aromatic carbocycles. The van der Waals surface area contributed by atoms with E-state index >= 15 is 0 Å². The van der Waals surface area contributed by atoms with E-state index in [2.05, 4.69) is 10.3 Å². The molecular weight excluding hydrogens is 400 g/mol. The average molecular weight is 425 g/mol. The molecule has 1 N–H and O–H groups in total. The van der Waals surface area contributed by atoms with Crippen LogP contribution in [0, 0.1) is 13.8 Å². The molecule has 0 bridgehead atoms. The molecule has 3 rings (SSSR count). The summed E-state index contributed by atoms with van der Waals surface area (Å²) in [7, 11) is 4.81. The van der Waals surface area contributed by atoms with Gasteiger partial charge >= 0.3 is 0 Å². The van der Waals surface area contributed by atoms with Gasteiger partial charge in [0.25, 0.3) is 0 Å². The number of carbonyl (C=O) groups is 1. The number of thiazole rings is 1. The average Bonchev–Trinajstić information content (AvgIpc) is 3.11. The Bertz CT molecular complexity index is 1090. The van der Waals surface area contributed by atoms with Crippen LogP contribution in [0.3, 0.4) is 0 Å². The van der Waals surface area contributed by atoms with Crippen molar-refractivity contribution in [3.05, 3.63) is 58.5 Å². The number of aromatic nitrogens is 1. The van der Waals surface area contributed by atoms with Crippen LogP contribution in [-0.4, -0.2) is 32.2 Å². The van der Waals surface area contributed by atoms with Crippen molar-refractivity contribution < 1.29 is 19.0 Å². The maximum absolute atomic E-state index is 12.4. The highest BCUT2D eigenvalue weighted by atomic mass is 32.1. The molecule has 1 amide bonds. The number of amides is 1. The molecule has 0 fully saturated rings. The predicted molar refractivity (Wildman–Crippen MR) is 121 cm³/mol. The van der Waals surface area contributed by atoms with Gasteiger partial charge in [-0.2, -0.15) is 0 Å². The van der Waals surface area contributed by atoms with E-state index in [0.717, 1.165) is 33.0 Å². The van der Waals surface area contributed by atoms with Crippen LogP contribution in [0.4, 0.5) is 5.13 Å². The normalized spacial score (nSPS) is 10.8. The maximum atomic E-state index is 12.4. The van der Waals surface area contributed by atoms with E-state index in [1.807, 2.05) is 38.1 Å². The maximum Gasteiger partial charge on any atom is 0.250 e. The monoisotopic (exact) mass is 424 g/mol. The minimum absolute atomic E-state index is 0.254. The summed E-state index contributed by atoms with van der Waals surface area (Å²) in [4.78, 5) is 18.0. The lowest BCUT2D eigenvalue weighted by Crippen LogP contribution is -2.07. The molecule has 0 saturated carbocycles. The number of nitrogens with one attached hydrogen (secondary N) is 1. The summed E-state index contributed by atoms with van der Waals surface area (Å²) < 4.78 is 15.8. The molecule has 0 radical (unpaired) electrons. The van der Waals surface area contributed by atoms with Gasteiger partial charge in [-0.05, 0) is 61.4 Å². The van der Waals surface area contributed by atoms with Crippen molar-refractivity contribution in [2.75, 3.05) is 26.6 Å². The van der Waals surface area contributed by atoms with Crippen molar-refractivity contribution in [1.29, 1.82) is 0 Å². The molecule has 0 aliphatic rings. The fourth-order valence-corrected chi connectivity index (χ4v) is 3.86. The van der Waals surface area contributed by atoms with E-state index in [9.17, 15) is 4.79 Å². The Labute approximate surface area is 180 Å². The molecule has 1 aromatic heterocycles. The number of rotatable bonds is 7. The summed E-state index contributed by atoms with van der Waals surface area (Å²) in [5.41, 5.74) is 3.70. The minimum Gasteiger partial charge on any atom is -0.496 e. The summed E-state index contributed by atoms with van der Waals surface area (Å²) >= 11 is 1.44. The van der Waals surface area contributed by atoms with Crippen LogP contribution < -0.4 is 19.5 Å². The fourth-order valence-electron chi connectivity index (χ4n) is 3.02. The first-order chi connectivity index (χ1) is 14.4. The minimum atomic E-state index is -0.254. The number of hydrogen-bond donors (Lipinski definition) is 1. The quantitative estimate of drug-likeness (QED) is 0.534. The lowest BCUT2D eigenvalue weighted by Gasteiger charge is -2.07. The Balaban J connectivity index is 1.73. The molecule has 0 atom stereocenters. The van der Waals surface area contributed by atoms with Crippen LogP contribution in [0.2, 0.25) is 0 Å². The highest BCUT2D eigenvalue weighted by Crippen LogP contribution is 2.33. The molecule has 30 heavy (non-hydrogen) atoms. The number of carbonyl (C=O) groups excluding carboxylic acids is 1. The van der Waals surface area contributed by atoms with Crippen molar-refractivity contribution in [1.82, 2.24) is 4.98 Å². The molecule has 0 spiro atoms. The van der Waals surface area contributed by atoms with Gasteiger partial charge in [0.05, 0.1) is 27.0 Å². The molecule has 156 valence electrons. The van der Waals surface area contributed by atoms with Gasteiger partial charge in [-0.15, -0.1) is 11.3 Å². The van der Waals surface area contributed by atoms with Crippen molar-refractivity contribution >= 4 is 28.5 Å². The zero-order valence-corrected chi connectivity index (χ0v) is 18.4. The molecule has 0 saturated heterocycles. The Kier molecular flexibility index (Phi) is 6.74. The van der Waals surface area contributed by atoms with Crippen LogP contribution >= 0.6 is 11.3 Å². The molecule has 7 heteroatoms. The zero-order valence-electron chi connectivity index (χ0n) is 17.6. The van der Waals surface area contributed by atoms with Crippen LogP contribution in [0.5, 0.6) is 17.2 Å². The largest absolute Gasteiger partial charge is 0.496 e. The Hall–Kier alpha value is -3.32. The summed E-state index contributed by atoms with van der Waals surface area (Å²) in [5, 5.41) is 3.39. The van der Waals surface area contributed by atoms with Crippen molar-refractivity contribution in [2.24, 2.45) is 0 Å². The molecular formula is C23H24N2O4S. The molecule has 6 nitrogen and oxygen atoms in total. The zero-order chi connectivity index (χ0) is 21.7. The number of hydrogen-bond acceptors (Lipinski definition) is 6. The van der Waals surface area contributed by atoms with E-state index in [-0.39, 0.29) is 5.91 Å². The third kappa shape index (κ3) is 4.80. The summed E-state index contributed by atoms with van der Waals surface area (Å²) in [6, 6.07) is 11.4. The Morgan fingerprint density at radius 2 is 1.67 bits per heavy atom. The molecule has 0 aliphatic heterocycles. The number of anilines is 1. The topological polar surface area (TPSA) is 69.7 Å². The Morgan fingerprint density at radius 1 is 0.967 bits per heavy atom. The number of aryl methyl sites for hydroxylation is 2. The van der Waals surface area contributed by atoms with Crippen LogP contribution in [0.1, 0.15) is 16.0 Å². The first kappa shape index (κ1) is 21.4. The second kappa shape index (κ2) is 9.45. The predicted octanol–water partition coefficient (Wildman–Crippen LogP) is 5.10. The van der Waals surface area contributed by atoms with E-state index in [1.54, 1.807) is 39.5 Å². The highest BCUT2D eigenvalue weighted by Gasteiger charge is 2.12. The van der Waals surface area contributed by atoms with Gasteiger partial charge in [0.1, 0.15) is 5.75 Å². The van der Waals surface area contributed by atoms with Gasteiger partial charge in [0.15, 0.2) is 16.6 Å². The fraction of sp³-hybridized carbons (Fsp3) is 0.217. The van der Waals surface area contributed by atoms with Crippen molar-refractivity contribution in [3.8, 4) is 28.5 Å². The summed E-state index contributed by atoms with van der Waals surface area (Å²) in [5.74, 6) is 1.82. The number of ether oxygens (including phenoxy) is 3. The van der Waals surface area contributed by atoms with E-state index in [0.29, 0.717) is 16.6 Å². The van der Waals surface area contributed by atoms with Gasteiger partial charge in [0, 0.05) is 16.5 Å². The first-order valence-corrected chi connectivity index (χ1v) is 10.1. The second-order valence-corrected chi connectivity index (χ2v) is 7.75. The smallest absolute Gasteiger partial charge is 0.250 e. The standard InChI is InChI=1S/C23H24N2O4S/c1-14-12-17(8-10-18(14)27-3)22-15(2)30-23(25-22)24-21(26)11-7-16-6-9-19(28-4)20(13-16)29-5/h6-13H,1-5H3,(H,24,25,26)/b11-7+. The van der Waals surface area contributed by atoms with Gasteiger partial charge in [-0.1, -0.05) is 6.07 Å². The number of benzene rings is 2. The lowest BCUT2D eigenvalue weighted by atomic mass is 10.1. The SMILES string of the molecule is COc1ccc(-c2nc(NC(=O)/C=C/c3ccc(OC)c(OC)c3)sc2C)cc1C. The van der Waals surface area contributed by atoms with E-state index in [4.69, 9.17) is 14.2 Å². The van der Waals surface area contributed by atoms with Crippen LogP contribution in [0.15, 0.2) is 42.5 Å². The molecule has 0 unspecified atom stereocenters. The van der Waals surface area contributed by atoms with Gasteiger partial charge in [-0.25, -0.2) is 4.98 Å². The Morgan fingerprint density at radius 3 is 2.33 bits per heavy atom. The molecule has 0 aliphatic carbocycles. The van der Waals surface area contributed by atoms with E-state index < -0.39 is 0 Å². The molecule has 3 aromatic rings. The van der Waals surface area contributed by atoms with Crippen molar-refractivity contribution in [3.63, 3.8) is 0 Å². The third-order valence-electron chi connectivity index (χ3n) is 4.53. The highest BCUT2D eigenvalue weighted by molar-refractivity contribution is 7.16. The number of methoxy groups -OCH3 is 3. The lowest BCUT2D eigenvalue weighted by molar-refractivity contribution is -0.111. The van der Waals surface area contributed by atoms with Crippen LogP contribution in [0.25, 0.3) is 17.3 Å². The van der Waals surface area contributed by atoms with Crippen LogP contribution in [-0.2, 0) is 4.79 Å². The number of nitrogens with zero attached hydrogens (tertiary/aromatic N) is 1. The van der Waals surface area contributed by atoms with Gasteiger partial charge < -0.3 is 14.2 Å². The van der Waals surface area contributed by atoms with E-state index in [1.165, 1.54) is 17.4 Å².